The molecule has 0 amide bonds. The van der Waals surface area contributed by atoms with E-state index in [0.29, 0.717) is 22.8 Å². The van der Waals surface area contributed by atoms with E-state index in [1.165, 1.54) is 6.07 Å². The fourth-order valence-electron chi connectivity index (χ4n) is 3.17. The molecule has 0 saturated carbocycles. The molecule has 30 heavy (non-hydrogen) atoms. The molecule has 0 aliphatic carbocycles. The fourth-order valence-corrected chi connectivity index (χ4v) is 3.17. The lowest BCUT2D eigenvalue weighted by atomic mass is 9.97. The third-order valence-corrected chi connectivity index (χ3v) is 4.62. The summed E-state index contributed by atoms with van der Waals surface area (Å²) in [5.74, 6) is -2.56. The zero-order valence-corrected chi connectivity index (χ0v) is 16.0. The second kappa shape index (κ2) is 8.78. The smallest absolute Gasteiger partial charge is 0.206 e. The molecule has 0 spiro atoms. The number of hydrogen-bond acceptors (Lipinski definition) is 0. The van der Waals surface area contributed by atoms with Gasteiger partial charge in [-0.1, -0.05) is 49.7 Å². The van der Waals surface area contributed by atoms with Crippen LogP contribution >= 0.6 is 0 Å². The topological polar surface area (TPSA) is 0 Å². The molecule has 0 fully saturated rings. The average molecular weight is 420 g/mol. The van der Waals surface area contributed by atoms with Crippen LogP contribution in [-0.2, 0) is 6.42 Å². The van der Waals surface area contributed by atoms with Gasteiger partial charge < -0.3 is 0 Å². The van der Waals surface area contributed by atoms with Gasteiger partial charge in [-0.15, -0.1) is 0 Å². The number of alkyl halides is 3. The Hall–Kier alpha value is -3.02. The van der Waals surface area contributed by atoms with Gasteiger partial charge in [0.15, 0.2) is 0 Å². The highest BCUT2D eigenvalue weighted by atomic mass is 19.4. The van der Waals surface area contributed by atoms with Crippen molar-refractivity contribution in [3.8, 4) is 22.3 Å². The highest BCUT2D eigenvalue weighted by Gasteiger charge is 2.23. The first kappa shape index (κ1) is 21.7. The van der Waals surface area contributed by atoms with Crippen molar-refractivity contribution in [2.45, 2.75) is 25.9 Å². The number of halogens is 6. The number of allylic oxidation sites excluding steroid dienone is 1. The van der Waals surface area contributed by atoms with E-state index in [2.05, 4.69) is 0 Å². The van der Waals surface area contributed by atoms with E-state index in [9.17, 15) is 26.3 Å². The van der Waals surface area contributed by atoms with E-state index in [1.807, 2.05) is 13.0 Å². The fraction of sp³-hybridized carbons (Fsp3) is 0.167. The molecule has 0 radical (unpaired) electrons. The molecule has 3 rings (SSSR count). The molecule has 156 valence electrons. The third-order valence-electron chi connectivity index (χ3n) is 4.62. The minimum Gasteiger partial charge on any atom is -0.206 e. The predicted molar refractivity (Wildman–Crippen MR) is 106 cm³/mol. The van der Waals surface area contributed by atoms with Crippen LogP contribution in [0.5, 0.6) is 0 Å². The highest BCUT2D eigenvalue weighted by molar-refractivity contribution is 5.72. The Labute approximate surface area is 170 Å². The molecule has 0 aromatic heterocycles. The van der Waals surface area contributed by atoms with E-state index in [-0.39, 0.29) is 17.5 Å². The lowest BCUT2D eigenvalue weighted by Crippen LogP contribution is -2.01. The molecule has 0 N–H and O–H groups in total. The molecule has 0 heterocycles. The SMILES string of the molecule is CCCc1ccc(-c2ccc(-c3cc(F)c(C=CC(F)(F)F)c(F)c3)cc2)c(F)c1. The van der Waals surface area contributed by atoms with Gasteiger partial charge in [-0.2, -0.15) is 13.2 Å². The summed E-state index contributed by atoms with van der Waals surface area (Å²) in [7, 11) is 0. The summed E-state index contributed by atoms with van der Waals surface area (Å²) in [5, 5.41) is 0. The van der Waals surface area contributed by atoms with Crippen molar-refractivity contribution in [2.24, 2.45) is 0 Å². The lowest BCUT2D eigenvalue weighted by molar-refractivity contribution is -0.0790. The second-order valence-electron chi connectivity index (χ2n) is 6.87. The Kier molecular flexibility index (Phi) is 6.34. The van der Waals surface area contributed by atoms with Crippen LogP contribution in [-0.4, -0.2) is 6.18 Å². The summed E-state index contributed by atoms with van der Waals surface area (Å²) in [6.07, 6.45) is -2.84. The first-order chi connectivity index (χ1) is 14.2. The minimum atomic E-state index is -4.67. The molecule has 6 heteroatoms. The number of hydrogen-bond donors (Lipinski definition) is 0. The molecule has 0 atom stereocenters. The van der Waals surface area contributed by atoms with Gasteiger partial charge in [0.1, 0.15) is 17.5 Å². The summed E-state index contributed by atoms with van der Waals surface area (Å²) in [5.41, 5.74) is 1.77. The van der Waals surface area contributed by atoms with Crippen molar-refractivity contribution in [3.05, 3.63) is 89.3 Å². The summed E-state index contributed by atoms with van der Waals surface area (Å²) in [6.45, 7) is 2.01. The molecular formula is C24H18F6. The second-order valence-corrected chi connectivity index (χ2v) is 6.87. The van der Waals surface area contributed by atoms with Crippen LogP contribution in [0, 0.1) is 17.5 Å². The highest BCUT2D eigenvalue weighted by Crippen LogP contribution is 2.30. The summed E-state index contributed by atoms with van der Waals surface area (Å²) in [4.78, 5) is 0. The quantitative estimate of drug-likeness (QED) is 0.367. The standard InChI is InChI=1S/C24H18F6/c1-2-3-15-4-9-19(21(25)12-15)17-7-5-16(6-8-17)18-13-22(26)20(23(27)14-18)10-11-24(28,29)30/h4-14H,2-3H2,1H3. The Morgan fingerprint density at radius 2 is 1.33 bits per heavy atom. The van der Waals surface area contributed by atoms with Crippen LogP contribution < -0.4 is 0 Å². The van der Waals surface area contributed by atoms with Crippen LogP contribution in [0.1, 0.15) is 24.5 Å². The normalized spacial score (nSPS) is 12.0. The first-order valence-electron chi connectivity index (χ1n) is 9.32. The van der Waals surface area contributed by atoms with E-state index in [0.717, 1.165) is 30.5 Å². The molecule has 0 saturated heterocycles. The summed E-state index contributed by atoms with van der Waals surface area (Å²) < 4.78 is 79.5. The van der Waals surface area contributed by atoms with Crippen LogP contribution in [0.3, 0.4) is 0 Å². The maximum absolute atomic E-state index is 14.4. The summed E-state index contributed by atoms with van der Waals surface area (Å²) >= 11 is 0. The Balaban J connectivity index is 1.89. The first-order valence-corrected chi connectivity index (χ1v) is 9.32. The van der Waals surface area contributed by atoms with Crippen LogP contribution in [0.2, 0.25) is 0 Å². The van der Waals surface area contributed by atoms with Gasteiger partial charge >= 0.3 is 6.18 Å². The number of benzene rings is 3. The van der Waals surface area contributed by atoms with Crippen molar-refractivity contribution >= 4 is 6.08 Å². The zero-order valence-electron chi connectivity index (χ0n) is 16.0. The Bertz CT molecular complexity index is 1040. The average Bonchev–Trinajstić information content (AvgIpc) is 2.67. The van der Waals surface area contributed by atoms with E-state index in [4.69, 9.17) is 0 Å². The Morgan fingerprint density at radius 1 is 0.733 bits per heavy atom. The maximum Gasteiger partial charge on any atom is 0.409 e. The van der Waals surface area contributed by atoms with Crippen molar-refractivity contribution in [2.75, 3.05) is 0 Å². The Morgan fingerprint density at radius 3 is 1.87 bits per heavy atom. The largest absolute Gasteiger partial charge is 0.409 e. The van der Waals surface area contributed by atoms with E-state index >= 15 is 0 Å². The third kappa shape index (κ3) is 5.12. The van der Waals surface area contributed by atoms with Crippen molar-refractivity contribution in [1.29, 1.82) is 0 Å². The van der Waals surface area contributed by atoms with E-state index in [1.54, 1.807) is 30.3 Å². The van der Waals surface area contributed by atoms with E-state index < -0.39 is 23.4 Å². The van der Waals surface area contributed by atoms with Gasteiger partial charge in [0.25, 0.3) is 0 Å². The predicted octanol–water partition coefficient (Wildman–Crippen LogP) is 7.97. The maximum atomic E-state index is 14.4. The molecule has 0 bridgehead atoms. The molecule has 3 aromatic rings. The van der Waals surface area contributed by atoms with Crippen molar-refractivity contribution in [1.82, 2.24) is 0 Å². The molecule has 3 aromatic carbocycles. The van der Waals surface area contributed by atoms with Gasteiger partial charge in [-0.05, 0) is 52.9 Å². The molecule has 0 aliphatic rings. The van der Waals surface area contributed by atoms with Gasteiger partial charge in [0.2, 0.25) is 0 Å². The van der Waals surface area contributed by atoms with Gasteiger partial charge in [0, 0.05) is 17.2 Å². The van der Waals surface area contributed by atoms with Crippen LogP contribution in [0.15, 0.2) is 60.7 Å². The molecule has 0 aliphatic heterocycles. The molecule has 0 unspecified atom stereocenters. The van der Waals surface area contributed by atoms with Crippen LogP contribution in [0.25, 0.3) is 28.3 Å². The van der Waals surface area contributed by atoms with Gasteiger partial charge in [0.05, 0.1) is 0 Å². The number of aryl methyl sites for hydroxylation is 1. The summed E-state index contributed by atoms with van der Waals surface area (Å²) in [6, 6.07) is 13.4. The van der Waals surface area contributed by atoms with Gasteiger partial charge in [-0.25, -0.2) is 13.2 Å². The lowest BCUT2D eigenvalue weighted by Gasteiger charge is -2.09. The van der Waals surface area contributed by atoms with Crippen molar-refractivity contribution in [3.63, 3.8) is 0 Å². The van der Waals surface area contributed by atoms with Crippen molar-refractivity contribution < 1.29 is 26.3 Å². The molecule has 0 nitrogen and oxygen atoms in total. The minimum absolute atomic E-state index is 0.166. The monoisotopic (exact) mass is 420 g/mol. The number of rotatable bonds is 5. The zero-order chi connectivity index (χ0) is 21.9. The van der Waals surface area contributed by atoms with Gasteiger partial charge in [-0.3, -0.25) is 0 Å². The molecular weight excluding hydrogens is 402 g/mol. The van der Waals surface area contributed by atoms with Crippen LogP contribution in [0.4, 0.5) is 26.3 Å².